The third-order valence-corrected chi connectivity index (χ3v) is 9.26. The number of allylic oxidation sites excluding steroid dienone is 1. The molecule has 0 bridgehead atoms. The normalized spacial score (nSPS) is 15.3. The first-order chi connectivity index (χ1) is 12.1. The first-order valence-electron chi connectivity index (χ1n) is 9.47. The number of rotatable bonds is 8. The van der Waals surface area contributed by atoms with Gasteiger partial charge in [-0.25, -0.2) is 4.79 Å². The largest absolute Gasteiger partial charge is 0.469 e. The van der Waals surface area contributed by atoms with Gasteiger partial charge in [-0.15, -0.1) is 0 Å². The smallest absolute Gasteiger partial charge is 0.407 e. The standard InChI is InChI=1S/C20H39NO5Si/c1-15(21-18(23)26-19(2,3)4)16(17(22)24-8)13-11-12-14-25-27(9,10)20(5,6)7/h11-12,15-16H,13-14H2,1-10H3,(H,21,23)/b12-11-/t15-,16-/m1/s1. The van der Waals surface area contributed by atoms with E-state index in [4.69, 9.17) is 13.9 Å². The molecule has 0 heterocycles. The number of nitrogens with one attached hydrogen (secondary N) is 1. The highest BCUT2D eigenvalue weighted by atomic mass is 28.4. The lowest BCUT2D eigenvalue weighted by Gasteiger charge is -2.35. The first kappa shape index (κ1) is 25.7. The lowest BCUT2D eigenvalue weighted by atomic mass is 9.97. The fourth-order valence-electron chi connectivity index (χ4n) is 2.03. The number of esters is 1. The maximum atomic E-state index is 12.1. The average molecular weight is 402 g/mol. The molecule has 0 aromatic heterocycles. The third-order valence-electron chi connectivity index (χ3n) is 4.76. The number of ether oxygens (including phenoxy) is 2. The van der Waals surface area contributed by atoms with Gasteiger partial charge in [-0.3, -0.25) is 4.79 Å². The van der Waals surface area contributed by atoms with Crippen LogP contribution in [-0.4, -0.2) is 45.7 Å². The molecule has 0 saturated carbocycles. The Bertz CT molecular complexity index is 517. The second kappa shape index (κ2) is 10.3. The SMILES string of the molecule is COC(=O)[C@H](C/C=C\CO[Si](C)(C)C(C)(C)C)[C@@H](C)NC(=O)OC(C)(C)C. The summed E-state index contributed by atoms with van der Waals surface area (Å²) in [5.74, 6) is -0.861. The topological polar surface area (TPSA) is 73.9 Å². The summed E-state index contributed by atoms with van der Waals surface area (Å²) >= 11 is 0. The van der Waals surface area contributed by atoms with Crippen LogP contribution in [0.25, 0.3) is 0 Å². The number of hydrogen-bond donors (Lipinski definition) is 1. The Labute approximate surface area is 166 Å². The molecule has 2 atom stereocenters. The van der Waals surface area contributed by atoms with E-state index in [0.717, 1.165) is 0 Å². The third kappa shape index (κ3) is 9.96. The van der Waals surface area contributed by atoms with E-state index < -0.39 is 32.0 Å². The van der Waals surface area contributed by atoms with Crippen LogP contribution < -0.4 is 5.32 Å². The Balaban J connectivity index is 4.75. The van der Waals surface area contributed by atoms with Gasteiger partial charge in [-0.2, -0.15) is 0 Å². The molecule has 1 N–H and O–H groups in total. The second-order valence-corrected chi connectivity index (χ2v) is 14.2. The highest BCUT2D eigenvalue weighted by Gasteiger charge is 2.36. The van der Waals surface area contributed by atoms with E-state index >= 15 is 0 Å². The highest BCUT2D eigenvalue weighted by Crippen LogP contribution is 2.36. The monoisotopic (exact) mass is 401 g/mol. The quantitative estimate of drug-likeness (QED) is 0.364. The average Bonchev–Trinajstić information content (AvgIpc) is 2.46. The predicted molar refractivity (Wildman–Crippen MR) is 111 cm³/mol. The van der Waals surface area contributed by atoms with E-state index in [-0.39, 0.29) is 11.0 Å². The van der Waals surface area contributed by atoms with E-state index in [9.17, 15) is 9.59 Å². The zero-order chi connectivity index (χ0) is 21.5. The number of carbonyl (C=O) groups is 2. The Morgan fingerprint density at radius 1 is 1.07 bits per heavy atom. The number of hydrogen-bond acceptors (Lipinski definition) is 5. The van der Waals surface area contributed by atoms with Crippen LogP contribution in [0.4, 0.5) is 4.79 Å². The first-order valence-corrected chi connectivity index (χ1v) is 12.4. The van der Waals surface area contributed by atoms with E-state index in [2.05, 4.69) is 39.2 Å². The van der Waals surface area contributed by atoms with Gasteiger partial charge in [0.05, 0.1) is 19.6 Å². The summed E-state index contributed by atoms with van der Waals surface area (Å²) in [6.45, 7) is 18.6. The molecular weight excluding hydrogens is 362 g/mol. The summed E-state index contributed by atoms with van der Waals surface area (Å²) in [6.07, 6.45) is 3.73. The zero-order valence-electron chi connectivity index (χ0n) is 18.8. The molecule has 0 fully saturated rings. The van der Waals surface area contributed by atoms with Gasteiger partial charge < -0.3 is 19.2 Å². The van der Waals surface area contributed by atoms with Crippen LogP contribution in [-0.2, 0) is 18.7 Å². The van der Waals surface area contributed by atoms with Crippen LogP contribution >= 0.6 is 0 Å². The summed E-state index contributed by atoms with van der Waals surface area (Å²) in [5, 5.41) is 2.87. The lowest BCUT2D eigenvalue weighted by molar-refractivity contribution is -0.146. The fourth-order valence-corrected chi connectivity index (χ4v) is 2.98. The van der Waals surface area contributed by atoms with E-state index in [1.165, 1.54) is 7.11 Å². The summed E-state index contributed by atoms with van der Waals surface area (Å²) in [4.78, 5) is 24.0. The summed E-state index contributed by atoms with van der Waals surface area (Å²) in [5.41, 5.74) is -0.592. The lowest BCUT2D eigenvalue weighted by Crippen LogP contribution is -2.43. The van der Waals surface area contributed by atoms with Crippen LogP contribution in [0.15, 0.2) is 12.2 Å². The molecule has 0 aromatic rings. The van der Waals surface area contributed by atoms with Gasteiger partial charge in [-0.1, -0.05) is 32.9 Å². The summed E-state index contributed by atoms with van der Waals surface area (Å²) in [7, 11) is -0.447. The molecule has 0 aliphatic heterocycles. The molecule has 158 valence electrons. The van der Waals surface area contributed by atoms with Crippen molar-refractivity contribution in [1.82, 2.24) is 5.32 Å². The van der Waals surface area contributed by atoms with Crippen molar-refractivity contribution in [1.29, 1.82) is 0 Å². The second-order valence-electron chi connectivity index (χ2n) is 9.34. The predicted octanol–water partition coefficient (Wildman–Crippen LogP) is 4.66. The number of methoxy groups -OCH3 is 1. The maximum Gasteiger partial charge on any atom is 0.407 e. The van der Waals surface area contributed by atoms with Crippen molar-refractivity contribution in [2.24, 2.45) is 5.92 Å². The van der Waals surface area contributed by atoms with E-state index in [1.807, 2.05) is 12.2 Å². The molecular formula is C20H39NO5Si. The van der Waals surface area contributed by atoms with Gasteiger partial charge in [0.1, 0.15) is 5.60 Å². The molecule has 7 heteroatoms. The van der Waals surface area contributed by atoms with E-state index in [0.29, 0.717) is 13.0 Å². The van der Waals surface area contributed by atoms with Gasteiger partial charge in [-0.05, 0) is 52.2 Å². The molecule has 0 aromatic carbocycles. The van der Waals surface area contributed by atoms with Crippen molar-refractivity contribution in [3.05, 3.63) is 12.2 Å². The molecule has 0 unspecified atom stereocenters. The van der Waals surface area contributed by atoms with Crippen LogP contribution in [0.1, 0.15) is 54.9 Å². The number of alkyl carbamates (subject to hydrolysis) is 1. The molecule has 0 radical (unpaired) electrons. The Hall–Kier alpha value is -1.34. The molecule has 0 aliphatic carbocycles. The molecule has 6 nitrogen and oxygen atoms in total. The Kier molecular flexibility index (Phi) is 9.76. The maximum absolute atomic E-state index is 12.1. The zero-order valence-corrected chi connectivity index (χ0v) is 19.8. The molecule has 1 amide bonds. The molecule has 0 spiro atoms. The molecule has 0 aliphatic rings. The highest BCUT2D eigenvalue weighted by molar-refractivity contribution is 6.74. The van der Waals surface area contributed by atoms with Crippen molar-refractivity contribution >= 4 is 20.4 Å². The molecule has 0 saturated heterocycles. The summed E-state index contributed by atoms with van der Waals surface area (Å²) in [6, 6.07) is -0.418. The van der Waals surface area contributed by atoms with Gasteiger partial charge >= 0.3 is 12.1 Å². The van der Waals surface area contributed by atoms with Crippen LogP contribution in [0.5, 0.6) is 0 Å². The minimum Gasteiger partial charge on any atom is -0.469 e. The summed E-state index contributed by atoms with van der Waals surface area (Å²) < 4.78 is 16.2. The van der Waals surface area contributed by atoms with Gasteiger partial charge in [0.25, 0.3) is 0 Å². The number of amides is 1. The number of carbonyl (C=O) groups excluding carboxylic acids is 2. The minimum absolute atomic E-state index is 0.154. The van der Waals surface area contributed by atoms with Crippen molar-refractivity contribution in [2.45, 2.75) is 84.7 Å². The van der Waals surface area contributed by atoms with Crippen LogP contribution in [0.3, 0.4) is 0 Å². The van der Waals surface area contributed by atoms with E-state index in [1.54, 1.807) is 27.7 Å². The van der Waals surface area contributed by atoms with Crippen LogP contribution in [0.2, 0.25) is 18.1 Å². The van der Waals surface area contributed by atoms with Crippen molar-refractivity contribution in [2.75, 3.05) is 13.7 Å². The molecule has 0 rings (SSSR count). The van der Waals surface area contributed by atoms with Crippen molar-refractivity contribution < 1.29 is 23.5 Å². The Morgan fingerprint density at radius 2 is 1.63 bits per heavy atom. The van der Waals surface area contributed by atoms with Crippen LogP contribution in [0, 0.1) is 5.92 Å². The minimum atomic E-state index is -1.79. The van der Waals surface area contributed by atoms with Crippen molar-refractivity contribution in [3.63, 3.8) is 0 Å². The Morgan fingerprint density at radius 3 is 2.07 bits per heavy atom. The van der Waals surface area contributed by atoms with Gasteiger partial charge in [0.15, 0.2) is 8.32 Å². The van der Waals surface area contributed by atoms with Gasteiger partial charge in [0, 0.05) is 6.04 Å². The molecule has 27 heavy (non-hydrogen) atoms. The fraction of sp³-hybridized carbons (Fsp3) is 0.800. The van der Waals surface area contributed by atoms with Gasteiger partial charge in [0.2, 0.25) is 0 Å². The van der Waals surface area contributed by atoms with Crippen molar-refractivity contribution in [3.8, 4) is 0 Å².